The molecule has 0 spiro atoms. The van der Waals surface area contributed by atoms with Crippen molar-refractivity contribution in [3.05, 3.63) is 59.2 Å². The minimum Gasteiger partial charge on any atom is -0.507 e. The molecule has 2 aromatic rings. The van der Waals surface area contributed by atoms with E-state index in [-0.39, 0.29) is 23.0 Å². The molecule has 2 aromatic carbocycles. The summed E-state index contributed by atoms with van der Waals surface area (Å²) in [5, 5.41) is 26.2. The Bertz CT molecular complexity index is 1160. The summed E-state index contributed by atoms with van der Waals surface area (Å²) in [5.41, 5.74) is -1.34. The second-order valence-corrected chi connectivity index (χ2v) is 10.3. The number of phenols is 1. The van der Waals surface area contributed by atoms with E-state index in [1.807, 2.05) is 13.0 Å². The molecular formula is C28H35NO7. The Balaban J connectivity index is 1.77. The van der Waals surface area contributed by atoms with Gasteiger partial charge in [0, 0.05) is 25.2 Å². The number of hydrogen-bond donors (Lipinski definition) is 3. The van der Waals surface area contributed by atoms with E-state index >= 15 is 0 Å². The highest BCUT2D eigenvalue weighted by atomic mass is 16.7. The fourth-order valence-electron chi connectivity index (χ4n) is 5.08. The van der Waals surface area contributed by atoms with E-state index in [2.05, 4.69) is 19.2 Å². The molecule has 3 N–H and O–H groups in total. The molecule has 0 bridgehead atoms. The molecule has 8 heteroatoms. The Labute approximate surface area is 211 Å². The zero-order valence-electron chi connectivity index (χ0n) is 21.6. The van der Waals surface area contributed by atoms with Crippen LogP contribution in [0.3, 0.4) is 0 Å². The van der Waals surface area contributed by atoms with Gasteiger partial charge in [-0.15, -0.1) is 0 Å². The lowest BCUT2D eigenvalue weighted by Crippen LogP contribution is -2.52. The molecule has 8 nitrogen and oxygen atoms in total. The van der Waals surface area contributed by atoms with Gasteiger partial charge >= 0.3 is 0 Å². The molecule has 0 saturated carbocycles. The first-order valence-electron chi connectivity index (χ1n) is 12.0. The van der Waals surface area contributed by atoms with Crippen molar-refractivity contribution in [1.82, 2.24) is 0 Å². The maximum atomic E-state index is 12.8. The highest BCUT2D eigenvalue weighted by Crippen LogP contribution is 2.48. The van der Waals surface area contributed by atoms with Crippen LogP contribution in [0.5, 0.6) is 11.5 Å². The second kappa shape index (κ2) is 9.52. The normalized spacial score (nSPS) is 29.6. The summed E-state index contributed by atoms with van der Waals surface area (Å²) in [7, 11) is 4.53. The van der Waals surface area contributed by atoms with E-state index in [1.54, 1.807) is 56.7 Å². The van der Waals surface area contributed by atoms with Crippen LogP contribution in [0.25, 0.3) is 6.08 Å². The number of ether oxygens (including phenoxy) is 4. The Kier molecular flexibility index (Phi) is 6.92. The molecule has 4 atom stereocenters. The van der Waals surface area contributed by atoms with Gasteiger partial charge in [-0.05, 0) is 49.6 Å². The summed E-state index contributed by atoms with van der Waals surface area (Å²) in [4.78, 5) is 12.8. The van der Waals surface area contributed by atoms with Crippen LogP contribution in [0.1, 0.15) is 50.3 Å². The minimum absolute atomic E-state index is 0.113. The first kappa shape index (κ1) is 26.2. The molecule has 2 heterocycles. The highest BCUT2D eigenvalue weighted by molar-refractivity contribution is 6.00. The van der Waals surface area contributed by atoms with Crippen molar-refractivity contribution in [2.24, 2.45) is 5.41 Å². The summed E-state index contributed by atoms with van der Waals surface area (Å²) in [5.74, 6) is -0.0783. The Hall–Kier alpha value is -2.91. The van der Waals surface area contributed by atoms with Gasteiger partial charge in [0.1, 0.15) is 11.5 Å². The average molecular weight is 498 g/mol. The maximum absolute atomic E-state index is 12.8. The maximum Gasteiger partial charge on any atom is 0.257 e. The van der Waals surface area contributed by atoms with Crippen molar-refractivity contribution >= 4 is 17.7 Å². The summed E-state index contributed by atoms with van der Waals surface area (Å²) in [6, 6.07) is 10.0. The van der Waals surface area contributed by atoms with Gasteiger partial charge in [0.15, 0.2) is 18.0 Å². The number of benzene rings is 2. The zero-order valence-corrected chi connectivity index (χ0v) is 21.6. The summed E-state index contributed by atoms with van der Waals surface area (Å²) in [6.07, 6.45) is 3.70. The molecule has 0 radical (unpaired) electrons. The molecule has 1 amide bonds. The first-order valence-corrected chi connectivity index (χ1v) is 12.0. The van der Waals surface area contributed by atoms with Crippen LogP contribution in [0.4, 0.5) is 5.69 Å². The van der Waals surface area contributed by atoms with E-state index in [0.717, 1.165) is 12.8 Å². The number of methoxy groups -OCH3 is 3. The quantitative estimate of drug-likeness (QED) is 0.550. The van der Waals surface area contributed by atoms with Crippen molar-refractivity contribution in [1.29, 1.82) is 0 Å². The predicted octanol–water partition coefficient (Wildman–Crippen LogP) is 4.18. The Morgan fingerprint density at radius 3 is 2.33 bits per heavy atom. The SMILES string of the molecule is COc1ccc(C2(O)c3c(ccc(C=CC4(C)CCC(C)(C)C(OC)O4)c3O)NC(=O)C2OC)cc1. The Morgan fingerprint density at radius 1 is 1.03 bits per heavy atom. The van der Waals surface area contributed by atoms with E-state index in [0.29, 0.717) is 22.6 Å². The number of anilines is 1. The van der Waals surface area contributed by atoms with Gasteiger partial charge in [0.25, 0.3) is 5.91 Å². The lowest BCUT2D eigenvalue weighted by molar-refractivity contribution is -0.255. The van der Waals surface area contributed by atoms with Gasteiger partial charge in [-0.3, -0.25) is 4.79 Å². The van der Waals surface area contributed by atoms with Crippen molar-refractivity contribution in [2.45, 2.75) is 57.2 Å². The van der Waals surface area contributed by atoms with Gasteiger partial charge in [-0.1, -0.05) is 38.1 Å². The number of amides is 1. The molecule has 0 aliphatic carbocycles. The lowest BCUT2D eigenvalue weighted by Gasteiger charge is -2.45. The van der Waals surface area contributed by atoms with Gasteiger partial charge < -0.3 is 34.5 Å². The van der Waals surface area contributed by atoms with Crippen molar-refractivity contribution in [3.8, 4) is 11.5 Å². The van der Waals surface area contributed by atoms with Crippen LogP contribution >= 0.6 is 0 Å². The topological polar surface area (TPSA) is 106 Å². The summed E-state index contributed by atoms with van der Waals surface area (Å²) >= 11 is 0. The van der Waals surface area contributed by atoms with E-state index < -0.39 is 23.2 Å². The largest absolute Gasteiger partial charge is 0.507 e. The molecule has 0 aromatic heterocycles. The Morgan fingerprint density at radius 2 is 1.72 bits per heavy atom. The molecule has 2 aliphatic heterocycles. The number of carbonyl (C=O) groups excluding carboxylic acids is 1. The second-order valence-electron chi connectivity index (χ2n) is 10.3. The molecular weight excluding hydrogens is 462 g/mol. The number of hydrogen-bond acceptors (Lipinski definition) is 7. The molecule has 1 saturated heterocycles. The third-order valence-electron chi connectivity index (χ3n) is 7.34. The van der Waals surface area contributed by atoms with Gasteiger partial charge in [-0.2, -0.15) is 0 Å². The number of aromatic hydroxyl groups is 1. The molecule has 4 rings (SSSR count). The van der Waals surface area contributed by atoms with Crippen LogP contribution in [0.2, 0.25) is 0 Å². The number of rotatable bonds is 6. The third-order valence-corrected chi connectivity index (χ3v) is 7.34. The fourth-order valence-corrected chi connectivity index (χ4v) is 5.08. The molecule has 2 aliphatic rings. The first-order chi connectivity index (χ1) is 17.0. The van der Waals surface area contributed by atoms with Crippen LogP contribution in [-0.4, -0.2) is 55.4 Å². The van der Waals surface area contributed by atoms with Gasteiger partial charge in [-0.25, -0.2) is 0 Å². The van der Waals surface area contributed by atoms with Crippen LogP contribution < -0.4 is 10.1 Å². The number of phenolic OH excluding ortho intramolecular Hbond substituents is 1. The molecule has 4 unspecified atom stereocenters. The van der Waals surface area contributed by atoms with Gasteiger partial charge in [0.2, 0.25) is 0 Å². The molecule has 194 valence electrons. The number of nitrogens with one attached hydrogen (secondary N) is 1. The average Bonchev–Trinajstić information content (AvgIpc) is 2.85. The monoisotopic (exact) mass is 497 g/mol. The van der Waals surface area contributed by atoms with E-state index in [4.69, 9.17) is 18.9 Å². The van der Waals surface area contributed by atoms with Crippen molar-refractivity contribution < 1.29 is 34.0 Å². The molecule has 36 heavy (non-hydrogen) atoms. The minimum atomic E-state index is -1.94. The number of fused-ring (bicyclic) bond motifs is 1. The number of aliphatic hydroxyl groups is 1. The van der Waals surface area contributed by atoms with Crippen molar-refractivity contribution in [2.75, 3.05) is 26.6 Å². The third kappa shape index (κ3) is 4.39. The van der Waals surface area contributed by atoms with E-state index in [1.165, 1.54) is 7.11 Å². The predicted molar refractivity (Wildman–Crippen MR) is 136 cm³/mol. The van der Waals surface area contributed by atoms with Crippen LogP contribution in [-0.2, 0) is 24.6 Å². The van der Waals surface area contributed by atoms with E-state index in [9.17, 15) is 15.0 Å². The van der Waals surface area contributed by atoms with Crippen molar-refractivity contribution in [3.63, 3.8) is 0 Å². The smallest absolute Gasteiger partial charge is 0.257 e. The molecule has 1 fully saturated rings. The van der Waals surface area contributed by atoms with Gasteiger partial charge in [0.05, 0.1) is 24.0 Å². The summed E-state index contributed by atoms with van der Waals surface area (Å²) in [6.45, 7) is 6.20. The summed E-state index contributed by atoms with van der Waals surface area (Å²) < 4.78 is 22.5. The lowest BCUT2D eigenvalue weighted by atomic mass is 9.76. The zero-order chi connectivity index (χ0) is 26.3. The van der Waals surface area contributed by atoms with Crippen LogP contribution in [0, 0.1) is 5.41 Å². The fraction of sp³-hybridized carbons (Fsp3) is 0.464. The van der Waals surface area contributed by atoms with Crippen LogP contribution in [0.15, 0.2) is 42.5 Å². The highest BCUT2D eigenvalue weighted by Gasteiger charge is 2.51. The standard InChI is InChI=1S/C28H35NO7/c1-26(2)15-16-27(3,36-25(26)35-6)14-13-17-7-12-20-21(22(17)30)28(32,23(34-5)24(31)29-20)18-8-10-19(33-4)11-9-18/h7-14,23,25,30,32H,15-16H2,1-6H3,(H,29,31). The number of carbonyl (C=O) groups is 1.